The Balaban J connectivity index is 1.96. The molecular weight excluding hydrogens is 466 g/mol. The van der Waals surface area contributed by atoms with Gasteiger partial charge in [-0.2, -0.15) is 9.68 Å². The Bertz CT molecular complexity index is 769. The average molecular weight is 515 g/mol. The summed E-state index contributed by atoms with van der Waals surface area (Å²) in [5.74, 6) is -1.21. The van der Waals surface area contributed by atoms with Gasteiger partial charge in [0.25, 0.3) is 0 Å². The topological polar surface area (TPSA) is 97.6 Å². The first-order chi connectivity index (χ1) is 16.2. The summed E-state index contributed by atoms with van der Waals surface area (Å²) in [4.78, 5) is 59.4. The molecule has 0 aliphatic carbocycles. The minimum Gasteiger partial charge on any atom is -0.367 e. The highest BCUT2D eigenvalue weighted by atomic mass is 17.0. The first kappa shape index (κ1) is 30.3. The molecule has 2 aliphatic heterocycles. The maximum absolute atomic E-state index is 12.5. The molecule has 2 unspecified atom stereocenters. The van der Waals surface area contributed by atoms with Crippen LogP contribution in [-0.2, 0) is 28.9 Å². The van der Waals surface area contributed by atoms with Gasteiger partial charge in [0.1, 0.15) is 4.91 Å². The van der Waals surface area contributed by atoms with Gasteiger partial charge in [-0.05, 0) is 68.2 Å². The number of hydroxylamine groups is 4. The molecule has 0 radical (unpaired) electrons. The van der Waals surface area contributed by atoms with E-state index in [4.69, 9.17) is 19.4 Å². The van der Waals surface area contributed by atoms with Crippen LogP contribution in [0.2, 0.25) is 0 Å². The molecule has 0 saturated carbocycles. The van der Waals surface area contributed by atoms with Gasteiger partial charge >= 0.3 is 17.0 Å². The zero-order chi connectivity index (χ0) is 27.9. The van der Waals surface area contributed by atoms with Crippen LogP contribution in [0.15, 0.2) is 0 Å². The van der Waals surface area contributed by atoms with E-state index in [9.17, 15) is 14.5 Å². The van der Waals surface area contributed by atoms with Crippen LogP contribution in [-0.4, -0.2) is 62.5 Å². The highest BCUT2D eigenvalue weighted by Gasteiger charge is 2.57. The molecule has 2 rings (SSSR count). The molecule has 0 aromatic heterocycles. The lowest BCUT2D eigenvalue weighted by Crippen LogP contribution is -2.51. The highest BCUT2D eigenvalue weighted by molar-refractivity contribution is 5.71. The third-order valence-corrected chi connectivity index (χ3v) is 7.70. The van der Waals surface area contributed by atoms with Crippen LogP contribution in [0, 0.1) is 28.6 Å². The smallest absolute Gasteiger partial charge is 0.367 e. The Morgan fingerprint density at radius 1 is 0.722 bits per heavy atom. The van der Waals surface area contributed by atoms with Gasteiger partial charge in [0.15, 0.2) is 13.2 Å². The van der Waals surface area contributed by atoms with E-state index in [2.05, 4.69) is 0 Å². The number of hydrogen-bond donors (Lipinski definition) is 0. The van der Waals surface area contributed by atoms with Gasteiger partial charge in [-0.15, -0.1) is 10.1 Å². The molecule has 10 heteroatoms. The molecule has 2 heterocycles. The van der Waals surface area contributed by atoms with Gasteiger partial charge in [-0.25, -0.2) is 0 Å². The maximum Gasteiger partial charge on any atom is 0.477 e. The largest absolute Gasteiger partial charge is 0.477 e. The van der Waals surface area contributed by atoms with Crippen molar-refractivity contribution in [1.82, 2.24) is 10.1 Å². The molecule has 2 aliphatic rings. The summed E-state index contributed by atoms with van der Waals surface area (Å²) < 4.78 is 0. The third-order valence-electron chi connectivity index (χ3n) is 7.70. The van der Waals surface area contributed by atoms with Gasteiger partial charge in [0, 0.05) is 11.8 Å². The van der Waals surface area contributed by atoms with Crippen LogP contribution in [0.5, 0.6) is 0 Å². The first-order valence-corrected chi connectivity index (χ1v) is 13.0. The summed E-state index contributed by atoms with van der Waals surface area (Å²) in [5, 5.41) is 3.66. The number of hydrogen-bond acceptors (Lipinski definition) is 9. The van der Waals surface area contributed by atoms with E-state index in [-0.39, 0.29) is 53.9 Å². The van der Waals surface area contributed by atoms with E-state index in [1.165, 1.54) is 0 Å². The van der Waals surface area contributed by atoms with Crippen LogP contribution in [0.3, 0.4) is 0 Å². The second-order valence-corrected chi connectivity index (χ2v) is 13.3. The molecule has 0 aromatic rings. The molecule has 0 amide bonds. The Morgan fingerprint density at radius 3 is 1.31 bits per heavy atom. The number of rotatable bonds is 10. The van der Waals surface area contributed by atoms with Crippen molar-refractivity contribution in [2.75, 3.05) is 13.2 Å². The van der Waals surface area contributed by atoms with Crippen molar-refractivity contribution >= 4 is 11.9 Å². The molecule has 2 atom stereocenters. The highest BCUT2D eigenvalue weighted by Crippen LogP contribution is 2.46. The van der Waals surface area contributed by atoms with E-state index in [1.807, 2.05) is 55.4 Å². The number of carbonyl (C=O) groups is 2. The Labute approximate surface area is 216 Å². The minimum absolute atomic E-state index is 0.0692. The predicted octanol–water partition coefficient (Wildman–Crippen LogP) is 4.62. The Morgan fingerprint density at radius 2 is 1.03 bits per heavy atom. The lowest BCUT2D eigenvalue weighted by Gasteiger charge is -2.39. The van der Waals surface area contributed by atoms with Crippen molar-refractivity contribution in [3.05, 3.63) is 4.91 Å². The average Bonchev–Trinajstić information content (AvgIpc) is 3.01. The molecular formula is C26H48N3O7+. The molecule has 0 bridgehead atoms. The van der Waals surface area contributed by atoms with Crippen molar-refractivity contribution < 1.29 is 34.0 Å². The molecule has 36 heavy (non-hydrogen) atoms. The second kappa shape index (κ2) is 10.4. The van der Waals surface area contributed by atoms with Crippen molar-refractivity contribution in [1.29, 1.82) is 0 Å². The van der Waals surface area contributed by atoms with Crippen molar-refractivity contribution in [3.8, 4) is 0 Å². The predicted molar refractivity (Wildman–Crippen MR) is 134 cm³/mol. The third kappa shape index (κ3) is 6.30. The first-order valence-electron chi connectivity index (χ1n) is 13.0. The van der Waals surface area contributed by atoms with Gasteiger partial charge in [-0.1, -0.05) is 27.7 Å². The molecule has 0 aromatic carbocycles. The van der Waals surface area contributed by atoms with Crippen LogP contribution < -0.4 is 0 Å². The van der Waals surface area contributed by atoms with Crippen molar-refractivity contribution in [2.45, 2.75) is 118 Å². The molecule has 0 spiro atoms. The van der Waals surface area contributed by atoms with E-state index < -0.39 is 22.2 Å². The standard InChI is InChI=1S/C26H48N3O7/c1-17(2)21(30)35-27-23(5,6)13-19(25(27,9)10)15-33-29(32)34-16-20-14-24(7,8)28(26(20,11)12)36-22(31)18(3)4/h17-20H,13-16H2,1-12H3/q+1. The lowest BCUT2D eigenvalue weighted by atomic mass is 9.88. The maximum atomic E-state index is 12.5. The Hall–Kier alpha value is -1.94. The monoisotopic (exact) mass is 514 g/mol. The summed E-state index contributed by atoms with van der Waals surface area (Å²) in [6, 6.07) is 0. The summed E-state index contributed by atoms with van der Waals surface area (Å²) in [6.45, 7) is 23.4. The number of nitrogens with zero attached hydrogens (tertiary/aromatic N) is 3. The fourth-order valence-corrected chi connectivity index (χ4v) is 5.50. The fraction of sp³-hybridized carbons (Fsp3) is 0.923. The van der Waals surface area contributed by atoms with E-state index in [0.717, 1.165) is 0 Å². The van der Waals surface area contributed by atoms with Crippen molar-refractivity contribution in [2.24, 2.45) is 23.7 Å². The minimum atomic E-state index is -0.535. The summed E-state index contributed by atoms with van der Waals surface area (Å²) in [5.41, 5.74) is -1.89. The van der Waals surface area contributed by atoms with Crippen molar-refractivity contribution in [3.63, 3.8) is 0 Å². The quantitative estimate of drug-likeness (QED) is 0.387. The molecule has 208 valence electrons. The Kier molecular flexibility index (Phi) is 8.78. The summed E-state index contributed by atoms with van der Waals surface area (Å²) >= 11 is 0. The SMILES string of the molecule is CC(C)C(=O)ON1C(C)(C)CC(CO[N+](=O)OCC2CC(C)(C)N(OC(=O)C(C)C)C2(C)C)C1(C)C. The van der Waals surface area contributed by atoms with Crippen LogP contribution in [0.25, 0.3) is 0 Å². The lowest BCUT2D eigenvalue weighted by molar-refractivity contribution is -0.983. The fourth-order valence-electron chi connectivity index (χ4n) is 5.50. The molecule has 0 N–H and O–H groups in total. The summed E-state index contributed by atoms with van der Waals surface area (Å²) in [7, 11) is 0. The van der Waals surface area contributed by atoms with E-state index in [1.54, 1.807) is 37.8 Å². The van der Waals surface area contributed by atoms with Crippen LogP contribution in [0.1, 0.15) is 95.9 Å². The van der Waals surface area contributed by atoms with Gasteiger partial charge in [0.2, 0.25) is 0 Å². The summed E-state index contributed by atoms with van der Waals surface area (Å²) in [6.07, 6.45) is 1.36. The number of carbonyl (C=O) groups excluding carboxylic acids is 2. The zero-order valence-corrected chi connectivity index (χ0v) is 24.3. The normalized spacial score (nSPS) is 26.7. The van der Waals surface area contributed by atoms with E-state index >= 15 is 0 Å². The van der Waals surface area contributed by atoms with Crippen LogP contribution >= 0.6 is 0 Å². The molecule has 10 nitrogen and oxygen atoms in total. The van der Waals surface area contributed by atoms with Crippen LogP contribution in [0.4, 0.5) is 0 Å². The molecule has 2 saturated heterocycles. The molecule has 2 fully saturated rings. The van der Waals surface area contributed by atoms with E-state index in [0.29, 0.717) is 12.8 Å². The zero-order valence-electron chi connectivity index (χ0n) is 24.3. The van der Waals surface area contributed by atoms with Gasteiger partial charge < -0.3 is 9.68 Å². The van der Waals surface area contributed by atoms with Gasteiger partial charge in [-0.3, -0.25) is 9.59 Å². The van der Waals surface area contributed by atoms with Gasteiger partial charge in [0.05, 0.1) is 34.0 Å². The second-order valence-electron chi connectivity index (χ2n) is 13.3.